The van der Waals surface area contributed by atoms with Crippen LogP contribution in [0.1, 0.15) is 36.8 Å². The average molecular weight is 399 g/mol. The maximum absolute atomic E-state index is 6.04. The van der Waals surface area contributed by atoms with Crippen LogP contribution in [-0.4, -0.2) is 33.1 Å². The molecule has 5 rings (SSSR count). The summed E-state index contributed by atoms with van der Waals surface area (Å²) in [6, 6.07) is 14.9. The number of H-pyrrole nitrogens is 1. The zero-order chi connectivity index (χ0) is 20.7. The molecule has 0 spiro atoms. The number of imidazole rings is 1. The van der Waals surface area contributed by atoms with Crippen molar-refractivity contribution in [2.75, 3.05) is 18.1 Å². The number of nitrogens with one attached hydrogen (secondary N) is 1. The lowest BCUT2D eigenvalue weighted by atomic mass is 10.0. The summed E-state index contributed by atoms with van der Waals surface area (Å²) in [5.41, 5.74) is 6.59. The second kappa shape index (κ2) is 7.44. The van der Waals surface area contributed by atoms with Gasteiger partial charge in [0.05, 0.1) is 17.6 Å². The zero-order valence-corrected chi connectivity index (χ0v) is 17.5. The monoisotopic (exact) mass is 399 g/mol. The third kappa shape index (κ3) is 3.49. The van der Waals surface area contributed by atoms with Gasteiger partial charge >= 0.3 is 0 Å². The summed E-state index contributed by atoms with van der Waals surface area (Å²) in [4.78, 5) is 19.0. The molecule has 2 aromatic heterocycles. The van der Waals surface area contributed by atoms with E-state index in [0.29, 0.717) is 12.5 Å². The fourth-order valence-corrected chi connectivity index (χ4v) is 3.94. The quantitative estimate of drug-likeness (QED) is 0.533. The summed E-state index contributed by atoms with van der Waals surface area (Å²) in [5.74, 6) is 3.19. The molecule has 152 valence electrons. The smallest absolute Gasteiger partial charge is 0.132 e. The minimum atomic E-state index is 0.370. The first-order valence-corrected chi connectivity index (χ1v) is 10.4. The molecule has 4 aromatic rings. The van der Waals surface area contributed by atoms with E-state index in [9.17, 15) is 0 Å². The van der Waals surface area contributed by atoms with Gasteiger partial charge in [-0.1, -0.05) is 26.0 Å². The van der Waals surface area contributed by atoms with Crippen LogP contribution in [0, 0.1) is 6.92 Å². The van der Waals surface area contributed by atoms with Gasteiger partial charge in [-0.25, -0.2) is 15.0 Å². The summed E-state index contributed by atoms with van der Waals surface area (Å²) in [6.07, 6.45) is 1.66. The number of hydrogen-bond donors (Lipinski definition) is 1. The number of benzene rings is 2. The van der Waals surface area contributed by atoms with E-state index in [4.69, 9.17) is 4.74 Å². The maximum Gasteiger partial charge on any atom is 0.132 e. The molecule has 3 heterocycles. The van der Waals surface area contributed by atoms with Crippen LogP contribution in [0.5, 0.6) is 5.75 Å². The molecule has 0 radical (unpaired) electrons. The van der Waals surface area contributed by atoms with Gasteiger partial charge in [-0.3, -0.25) is 0 Å². The van der Waals surface area contributed by atoms with E-state index in [2.05, 4.69) is 81.1 Å². The Bertz CT molecular complexity index is 1210. The highest BCUT2D eigenvalue weighted by Crippen LogP contribution is 2.32. The van der Waals surface area contributed by atoms with E-state index in [1.54, 1.807) is 6.33 Å². The second-order valence-electron chi connectivity index (χ2n) is 8.10. The number of aromatic nitrogens is 4. The predicted octanol–water partition coefficient (Wildman–Crippen LogP) is 4.85. The molecule has 2 aromatic carbocycles. The van der Waals surface area contributed by atoms with Crippen molar-refractivity contribution >= 4 is 16.9 Å². The fraction of sp³-hybridized carbons (Fsp3) is 0.292. The Kier molecular flexibility index (Phi) is 4.62. The van der Waals surface area contributed by atoms with Crippen molar-refractivity contribution in [2.45, 2.75) is 33.2 Å². The molecule has 0 unspecified atom stereocenters. The molecule has 1 aliphatic heterocycles. The number of hydrogen-bond acceptors (Lipinski definition) is 5. The molecular weight excluding hydrogens is 374 g/mol. The molecule has 0 saturated heterocycles. The van der Waals surface area contributed by atoms with Gasteiger partial charge in [-0.2, -0.15) is 0 Å². The number of aromatic amines is 1. The van der Waals surface area contributed by atoms with Crippen molar-refractivity contribution in [3.8, 4) is 16.9 Å². The molecule has 0 fully saturated rings. The van der Waals surface area contributed by atoms with Crippen molar-refractivity contribution in [2.24, 2.45) is 0 Å². The normalized spacial score (nSPS) is 13.9. The summed E-state index contributed by atoms with van der Waals surface area (Å²) in [6.45, 7) is 8.45. The van der Waals surface area contributed by atoms with Gasteiger partial charge in [0.15, 0.2) is 0 Å². The van der Waals surface area contributed by atoms with Crippen molar-refractivity contribution in [3.05, 3.63) is 65.9 Å². The van der Waals surface area contributed by atoms with E-state index in [1.165, 1.54) is 5.56 Å². The van der Waals surface area contributed by atoms with Crippen LogP contribution in [0.15, 0.2) is 48.8 Å². The topological polar surface area (TPSA) is 66.9 Å². The Morgan fingerprint density at radius 3 is 2.73 bits per heavy atom. The van der Waals surface area contributed by atoms with Crippen molar-refractivity contribution < 1.29 is 4.74 Å². The van der Waals surface area contributed by atoms with Crippen LogP contribution in [0.4, 0.5) is 5.82 Å². The average Bonchev–Trinajstić information content (AvgIpc) is 2.99. The Balaban J connectivity index is 1.49. The van der Waals surface area contributed by atoms with Crippen molar-refractivity contribution in [3.63, 3.8) is 0 Å². The molecule has 0 bridgehead atoms. The zero-order valence-electron chi connectivity index (χ0n) is 17.5. The van der Waals surface area contributed by atoms with Crippen LogP contribution >= 0.6 is 0 Å². The van der Waals surface area contributed by atoms with Crippen LogP contribution < -0.4 is 9.64 Å². The van der Waals surface area contributed by atoms with Crippen molar-refractivity contribution in [1.29, 1.82) is 0 Å². The summed E-state index contributed by atoms with van der Waals surface area (Å²) in [5, 5.41) is 0. The second-order valence-corrected chi connectivity index (χ2v) is 8.10. The highest BCUT2D eigenvalue weighted by atomic mass is 16.5. The Morgan fingerprint density at radius 2 is 1.87 bits per heavy atom. The minimum Gasteiger partial charge on any atom is -0.491 e. The Hall–Kier alpha value is -3.41. The molecule has 30 heavy (non-hydrogen) atoms. The lowest BCUT2D eigenvalue weighted by Gasteiger charge is -2.21. The SMILES string of the molecule is Cc1nc2ccc(-c3ccc4c(c3)CN(c3cc(C(C)C)ncn3)CCO4)cc2[nH]1. The first kappa shape index (κ1) is 18.6. The van der Waals surface area contributed by atoms with Crippen LogP contribution in [0.3, 0.4) is 0 Å². The van der Waals surface area contributed by atoms with E-state index in [0.717, 1.165) is 58.3 Å². The first-order valence-electron chi connectivity index (χ1n) is 10.4. The number of ether oxygens (including phenoxy) is 1. The number of aryl methyl sites for hydroxylation is 1. The molecular formula is C24H25N5O. The highest BCUT2D eigenvalue weighted by molar-refractivity contribution is 5.82. The molecule has 1 N–H and O–H groups in total. The molecule has 0 amide bonds. The van der Waals surface area contributed by atoms with Gasteiger partial charge in [-0.05, 0) is 48.2 Å². The molecule has 0 saturated carbocycles. The maximum atomic E-state index is 6.04. The molecule has 6 heteroatoms. The highest BCUT2D eigenvalue weighted by Gasteiger charge is 2.18. The van der Waals surface area contributed by atoms with E-state index < -0.39 is 0 Å². The van der Waals surface area contributed by atoms with Crippen LogP contribution in [0.25, 0.3) is 22.2 Å². The standard InChI is InChI=1S/C24H25N5O/c1-15(2)21-12-24(26-14-25-21)29-8-9-30-23-7-5-17(10-19(23)13-29)18-4-6-20-22(11-18)28-16(3)27-20/h4-7,10-12,14-15H,8-9,13H2,1-3H3,(H,27,28). The number of anilines is 1. The van der Waals surface area contributed by atoms with Gasteiger partial charge in [-0.15, -0.1) is 0 Å². The molecule has 6 nitrogen and oxygen atoms in total. The largest absolute Gasteiger partial charge is 0.491 e. The van der Waals surface area contributed by atoms with E-state index in [-0.39, 0.29) is 0 Å². The Labute approximate surface area is 176 Å². The lowest BCUT2D eigenvalue weighted by Crippen LogP contribution is -2.26. The lowest BCUT2D eigenvalue weighted by molar-refractivity contribution is 0.331. The minimum absolute atomic E-state index is 0.370. The summed E-state index contributed by atoms with van der Waals surface area (Å²) < 4.78 is 6.04. The van der Waals surface area contributed by atoms with Crippen molar-refractivity contribution in [1.82, 2.24) is 19.9 Å². The predicted molar refractivity (Wildman–Crippen MR) is 119 cm³/mol. The van der Waals surface area contributed by atoms with Gasteiger partial charge in [0.2, 0.25) is 0 Å². The Morgan fingerprint density at radius 1 is 1.03 bits per heavy atom. The number of rotatable bonds is 3. The molecule has 1 aliphatic rings. The van der Waals surface area contributed by atoms with Gasteiger partial charge in [0, 0.05) is 23.9 Å². The summed E-state index contributed by atoms with van der Waals surface area (Å²) >= 11 is 0. The third-order valence-electron chi connectivity index (χ3n) is 5.56. The van der Waals surface area contributed by atoms with E-state index in [1.807, 2.05) is 6.92 Å². The first-order chi connectivity index (χ1) is 14.6. The van der Waals surface area contributed by atoms with Crippen LogP contribution in [0.2, 0.25) is 0 Å². The molecule has 0 aliphatic carbocycles. The summed E-state index contributed by atoms with van der Waals surface area (Å²) in [7, 11) is 0. The van der Waals surface area contributed by atoms with E-state index >= 15 is 0 Å². The molecule has 0 atom stereocenters. The number of nitrogens with zero attached hydrogens (tertiary/aromatic N) is 4. The van der Waals surface area contributed by atoms with Gasteiger partial charge in [0.25, 0.3) is 0 Å². The third-order valence-corrected chi connectivity index (χ3v) is 5.56. The van der Waals surface area contributed by atoms with Gasteiger partial charge in [0.1, 0.15) is 30.3 Å². The van der Waals surface area contributed by atoms with Crippen LogP contribution in [-0.2, 0) is 6.54 Å². The van der Waals surface area contributed by atoms with Gasteiger partial charge < -0.3 is 14.6 Å². The fourth-order valence-electron chi connectivity index (χ4n) is 3.94. The number of fused-ring (bicyclic) bond motifs is 2.